The van der Waals surface area contributed by atoms with E-state index >= 15 is 0 Å². The Morgan fingerprint density at radius 1 is 1.27 bits per heavy atom. The number of carbonyl (C=O) groups excluding carboxylic acids is 1. The summed E-state index contributed by atoms with van der Waals surface area (Å²) in [5, 5.41) is 12.3. The van der Waals surface area contributed by atoms with E-state index in [1.54, 1.807) is 12.3 Å². The van der Waals surface area contributed by atoms with Gasteiger partial charge in [0.15, 0.2) is 0 Å². The molecule has 5 nitrogen and oxygen atoms in total. The Hall–Kier alpha value is -2.27. The summed E-state index contributed by atoms with van der Waals surface area (Å²) in [5.41, 5.74) is 3.07. The van der Waals surface area contributed by atoms with Crippen molar-refractivity contribution in [2.75, 3.05) is 13.2 Å². The normalized spacial score (nSPS) is 12.0. The van der Waals surface area contributed by atoms with Crippen molar-refractivity contribution in [3.05, 3.63) is 59.2 Å². The van der Waals surface area contributed by atoms with Gasteiger partial charge in [0.05, 0.1) is 11.3 Å². The summed E-state index contributed by atoms with van der Waals surface area (Å²) < 4.78 is 0. The lowest BCUT2D eigenvalue weighted by Gasteiger charge is -2.15. The van der Waals surface area contributed by atoms with Crippen LogP contribution < -0.4 is 5.32 Å². The monoisotopic (exact) mass is 299 g/mol. The summed E-state index contributed by atoms with van der Waals surface area (Å²) in [6, 6.07) is 9.28. The van der Waals surface area contributed by atoms with Crippen molar-refractivity contribution in [3.8, 4) is 0 Å². The summed E-state index contributed by atoms with van der Waals surface area (Å²) >= 11 is 0. The summed E-state index contributed by atoms with van der Waals surface area (Å²) in [6.07, 6.45) is 2.35. The number of pyridine rings is 2. The van der Waals surface area contributed by atoms with Gasteiger partial charge in [0.2, 0.25) is 0 Å². The minimum absolute atomic E-state index is 0.00197. The molecule has 0 bridgehead atoms. The lowest BCUT2D eigenvalue weighted by atomic mass is 10.0. The average molecular weight is 299 g/mol. The highest BCUT2D eigenvalue weighted by atomic mass is 16.3. The lowest BCUT2D eigenvalue weighted by Crippen LogP contribution is -2.32. The molecule has 0 aliphatic rings. The molecule has 0 fully saturated rings. The largest absolute Gasteiger partial charge is 0.396 e. The van der Waals surface area contributed by atoms with E-state index in [9.17, 15) is 9.90 Å². The van der Waals surface area contributed by atoms with E-state index in [1.165, 1.54) is 0 Å². The van der Waals surface area contributed by atoms with Crippen molar-refractivity contribution in [1.29, 1.82) is 0 Å². The number of amides is 1. The van der Waals surface area contributed by atoms with Crippen LogP contribution in [-0.2, 0) is 6.42 Å². The van der Waals surface area contributed by atoms with Crippen LogP contribution in [0.15, 0.2) is 36.5 Å². The molecule has 0 radical (unpaired) electrons. The molecular formula is C17H21N3O2. The summed E-state index contributed by atoms with van der Waals surface area (Å²) in [6.45, 7) is 4.11. The second-order valence-corrected chi connectivity index (χ2v) is 5.37. The molecule has 2 aromatic heterocycles. The molecule has 0 saturated carbocycles. The summed E-state index contributed by atoms with van der Waals surface area (Å²) in [5.74, 6) is -0.220. The van der Waals surface area contributed by atoms with E-state index in [2.05, 4.69) is 15.3 Å². The van der Waals surface area contributed by atoms with Crippen molar-refractivity contribution < 1.29 is 9.90 Å². The Morgan fingerprint density at radius 2 is 2.09 bits per heavy atom. The number of hydrogen-bond donors (Lipinski definition) is 2. The summed E-state index contributed by atoms with van der Waals surface area (Å²) in [4.78, 5) is 20.7. The van der Waals surface area contributed by atoms with Crippen LogP contribution in [0, 0.1) is 19.8 Å². The predicted octanol–water partition coefficient (Wildman–Crippen LogP) is 1.67. The number of aryl methyl sites for hydroxylation is 2. The number of aliphatic hydroxyl groups is 1. The van der Waals surface area contributed by atoms with Crippen LogP contribution in [-0.4, -0.2) is 34.1 Å². The Bertz CT molecular complexity index is 629. The molecule has 0 saturated heterocycles. The minimum atomic E-state index is -0.163. The zero-order chi connectivity index (χ0) is 15.9. The van der Waals surface area contributed by atoms with Crippen molar-refractivity contribution >= 4 is 5.91 Å². The second kappa shape index (κ2) is 7.66. The first-order valence-electron chi connectivity index (χ1n) is 7.33. The van der Waals surface area contributed by atoms with E-state index in [0.717, 1.165) is 11.4 Å². The highest BCUT2D eigenvalue weighted by Gasteiger charge is 2.14. The quantitative estimate of drug-likeness (QED) is 0.851. The number of aliphatic hydroxyl groups excluding tert-OH is 1. The van der Waals surface area contributed by atoms with Gasteiger partial charge in [0.1, 0.15) is 0 Å². The van der Waals surface area contributed by atoms with Gasteiger partial charge in [-0.15, -0.1) is 0 Å². The third-order valence-corrected chi connectivity index (χ3v) is 3.50. The molecule has 0 aromatic carbocycles. The van der Waals surface area contributed by atoms with Crippen LogP contribution >= 0.6 is 0 Å². The third kappa shape index (κ3) is 4.36. The smallest absolute Gasteiger partial charge is 0.253 e. The van der Waals surface area contributed by atoms with Crippen LogP contribution in [0.5, 0.6) is 0 Å². The van der Waals surface area contributed by atoms with Crippen molar-refractivity contribution in [3.63, 3.8) is 0 Å². The van der Waals surface area contributed by atoms with Gasteiger partial charge in [-0.2, -0.15) is 0 Å². The van der Waals surface area contributed by atoms with Gasteiger partial charge in [0.25, 0.3) is 5.91 Å². The molecule has 116 valence electrons. The molecule has 5 heteroatoms. The molecule has 2 aromatic rings. The number of carbonyl (C=O) groups is 1. The van der Waals surface area contributed by atoms with E-state index in [4.69, 9.17) is 0 Å². The Balaban J connectivity index is 1.94. The first-order chi connectivity index (χ1) is 10.6. The second-order valence-electron chi connectivity index (χ2n) is 5.37. The molecule has 22 heavy (non-hydrogen) atoms. The van der Waals surface area contributed by atoms with Gasteiger partial charge in [-0.05, 0) is 44.5 Å². The van der Waals surface area contributed by atoms with Gasteiger partial charge < -0.3 is 10.4 Å². The average Bonchev–Trinajstić information content (AvgIpc) is 2.52. The van der Waals surface area contributed by atoms with Gasteiger partial charge in [-0.3, -0.25) is 14.8 Å². The standard InChI is InChI=1S/C17H21N3O2/c1-12-6-7-16(13(2)20-12)17(22)19-10-14(11-21)9-15-5-3-4-8-18-15/h3-8,14,21H,9-11H2,1-2H3,(H,19,22). The molecule has 0 aliphatic carbocycles. The molecule has 1 amide bonds. The zero-order valence-corrected chi connectivity index (χ0v) is 12.9. The number of nitrogens with zero attached hydrogens (tertiary/aromatic N) is 2. The van der Waals surface area contributed by atoms with Crippen molar-refractivity contribution in [2.45, 2.75) is 20.3 Å². The highest BCUT2D eigenvalue weighted by Crippen LogP contribution is 2.08. The van der Waals surface area contributed by atoms with Gasteiger partial charge in [-0.25, -0.2) is 0 Å². The molecule has 0 aliphatic heterocycles. The van der Waals surface area contributed by atoms with Crippen LogP contribution in [0.3, 0.4) is 0 Å². The van der Waals surface area contributed by atoms with Crippen LogP contribution in [0.4, 0.5) is 0 Å². The maximum Gasteiger partial charge on any atom is 0.253 e. The predicted molar refractivity (Wildman–Crippen MR) is 84.6 cm³/mol. The van der Waals surface area contributed by atoms with E-state index in [-0.39, 0.29) is 18.4 Å². The SMILES string of the molecule is Cc1ccc(C(=O)NCC(CO)Cc2ccccn2)c(C)n1. The summed E-state index contributed by atoms with van der Waals surface area (Å²) in [7, 11) is 0. The first-order valence-corrected chi connectivity index (χ1v) is 7.33. The van der Waals surface area contributed by atoms with Crippen LogP contribution in [0.1, 0.15) is 27.4 Å². The van der Waals surface area contributed by atoms with Crippen LogP contribution in [0.25, 0.3) is 0 Å². The maximum absolute atomic E-state index is 12.2. The Kier molecular flexibility index (Phi) is 5.61. The Labute approximate surface area is 130 Å². The minimum Gasteiger partial charge on any atom is -0.396 e. The van der Waals surface area contributed by atoms with Gasteiger partial charge >= 0.3 is 0 Å². The molecular weight excluding hydrogens is 278 g/mol. The van der Waals surface area contributed by atoms with Crippen molar-refractivity contribution in [1.82, 2.24) is 15.3 Å². The molecule has 2 heterocycles. The van der Waals surface area contributed by atoms with Crippen LogP contribution in [0.2, 0.25) is 0 Å². The molecule has 2 rings (SSSR count). The molecule has 1 unspecified atom stereocenters. The number of hydrogen-bond acceptors (Lipinski definition) is 4. The highest BCUT2D eigenvalue weighted by molar-refractivity contribution is 5.95. The van der Waals surface area contributed by atoms with E-state index in [1.807, 2.05) is 38.1 Å². The number of aromatic nitrogens is 2. The molecule has 2 N–H and O–H groups in total. The van der Waals surface area contributed by atoms with E-state index < -0.39 is 0 Å². The fourth-order valence-corrected chi connectivity index (χ4v) is 2.27. The van der Waals surface area contributed by atoms with E-state index in [0.29, 0.717) is 24.2 Å². The maximum atomic E-state index is 12.2. The van der Waals surface area contributed by atoms with Gasteiger partial charge in [0, 0.05) is 36.7 Å². The fraction of sp³-hybridized carbons (Fsp3) is 0.353. The van der Waals surface area contributed by atoms with Crippen molar-refractivity contribution in [2.24, 2.45) is 5.92 Å². The topological polar surface area (TPSA) is 75.1 Å². The number of nitrogens with one attached hydrogen (secondary N) is 1. The molecule has 0 spiro atoms. The lowest BCUT2D eigenvalue weighted by molar-refractivity contribution is 0.0938. The first kappa shape index (κ1) is 16.1. The fourth-order valence-electron chi connectivity index (χ4n) is 2.27. The van der Waals surface area contributed by atoms with Gasteiger partial charge in [-0.1, -0.05) is 6.07 Å². The molecule has 1 atom stereocenters. The zero-order valence-electron chi connectivity index (χ0n) is 12.9. The number of rotatable bonds is 6. The third-order valence-electron chi connectivity index (χ3n) is 3.50. The Morgan fingerprint density at radius 3 is 2.73 bits per heavy atom.